The number of halogens is 1. The Balaban J connectivity index is 1.63. The Kier molecular flexibility index (Phi) is 4.43. The van der Waals surface area contributed by atoms with Gasteiger partial charge in [0, 0.05) is 30.7 Å². The van der Waals surface area contributed by atoms with Crippen molar-refractivity contribution >= 4 is 16.7 Å². The number of hydrogen-bond acceptors (Lipinski definition) is 4. The van der Waals surface area contributed by atoms with Crippen molar-refractivity contribution in [2.24, 2.45) is 0 Å². The molecule has 0 bridgehead atoms. The fraction of sp³-hybridized carbons (Fsp3) is 0.381. The highest BCUT2D eigenvalue weighted by Crippen LogP contribution is 2.36. The summed E-state index contributed by atoms with van der Waals surface area (Å²) >= 11 is 0. The molecule has 150 valence electrons. The minimum absolute atomic E-state index is 0.0555. The summed E-state index contributed by atoms with van der Waals surface area (Å²) in [6.07, 6.45) is 8.95. The molecular formula is C21H22FN5O2. The zero-order valence-electron chi connectivity index (χ0n) is 16.0. The molecule has 0 aromatic carbocycles. The van der Waals surface area contributed by atoms with Crippen molar-refractivity contribution in [2.75, 3.05) is 6.61 Å². The van der Waals surface area contributed by atoms with E-state index in [1.807, 2.05) is 10.6 Å². The van der Waals surface area contributed by atoms with E-state index in [4.69, 9.17) is 5.11 Å². The summed E-state index contributed by atoms with van der Waals surface area (Å²) in [5, 5.41) is 9.13. The van der Waals surface area contributed by atoms with Crippen LogP contribution in [0.3, 0.4) is 0 Å². The van der Waals surface area contributed by atoms with Crippen LogP contribution in [-0.2, 0) is 13.0 Å². The molecule has 0 radical (unpaired) electrons. The molecule has 0 saturated heterocycles. The quantitative estimate of drug-likeness (QED) is 0.488. The lowest BCUT2D eigenvalue weighted by Gasteiger charge is -2.06. The van der Waals surface area contributed by atoms with Crippen LogP contribution in [0.2, 0.25) is 0 Å². The van der Waals surface area contributed by atoms with Gasteiger partial charge in [-0.05, 0) is 50.3 Å². The van der Waals surface area contributed by atoms with Gasteiger partial charge in [-0.3, -0.25) is 14.1 Å². The van der Waals surface area contributed by atoms with Crippen molar-refractivity contribution in [3.63, 3.8) is 0 Å². The number of pyridine rings is 2. The van der Waals surface area contributed by atoms with Gasteiger partial charge < -0.3 is 9.51 Å². The van der Waals surface area contributed by atoms with Gasteiger partial charge in [-0.1, -0.05) is 0 Å². The number of aromatic nitrogens is 5. The Morgan fingerprint density at radius 1 is 1.17 bits per heavy atom. The lowest BCUT2D eigenvalue weighted by molar-refractivity contribution is 0.284. The molecule has 8 heteroatoms. The van der Waals surface area contributed by atoms with Crippen LogP contribution in [0.1, 0.15) is 43.1 Å². The van der Waals surface area contributed by atoms with Gasteiger partial charge in [0.1, 0.15) is 11.5 Å². The predicted molar refractivity (Wildman–Crippen MR) is 107 cm³/mol. The Labute approximate surface area is 166 Å². The molecule has 4 heterocycles. The molecule has 4 aromatic rings. The maximum atomic E-state index is 13.9. The van der Waals surface area contributed by atoms with Crippen molar-refractivity contribution < 1.29 is 9.50 Å². The van der Waals surface area contributed by atoms with Crippen LogP contribution in [-0.4, -0.2) is 35.2 Å². The molecule has 1 aliphatic rings. The van der Waals surface area contributed by atoms with E-state index in [0.717, 1.165) is 41.7 Å². The summed E-state index contributed by atoms with van der Waals surface area (Å²) in [5.41, 5.74) is 3.89. The average molecular weight is 395 g/mol. The van der Waals surface area contributed by atoms with Crippen LogP contribution in [0.5, 0.6) is 0 Å². The van der Waals surface area contributed by atoms with Crippen LogP contribution in [0.25, 0.3) is 16.7 Å². The largest absolute Gasteiger partial charge is 0.396 e. The molecule has 1 fully saturated rings. The number of nitrogens with zero attached hydrogens (tertiary/aromatic N) is 5. The van der Waals surface area contributed by atoms with Gasteiger partial charge in [0.25, 0.3) is 0 Å². The third-order valence-corrected chi connectivity index (χ3v) is 5.57. The third kappa shape index (κ3) is 3.13. The molecule has 29 heavy (non-hydrogen) atoms. The number of fused-ring (bicyclic) bond motifs is 2. The van der Waals surface area contributed by atoms with Crippen molar-refractivity contribution in [1.82, 2.24) is 23.5 Å². The van der Waals surface area contributed by atoms with E-state index in [1.54, 1.807) is 27.4 Å². The number of aliphatic hydroxyl groups excluding tert-OH is 1. The zero-order valence-corrected chi connectivity index (χ0v) is 16.0. The normalized spacial score (nSPS) is 14.3. The number of hydrogen-bond donors (Lipinski definition) is 1. The van der Waals surface area contributed by atoms with Crippen LogP contribution in [0.15, 0.2) is 41.6 Å². The topological polar surface area (TPSA) is 77.3 Å². The van der Waals surface area contributed by atoms with E-state index < -0.39 is 0 Å². The van der Waals surface area contributed by atoms with E-state index in [2.05, 4.69) is 9.97 Å². The first-order valence-corrected chi connectivity index (χ1v) is 9.98. The average Bonchev–Trinajstić information content (AvgIpc) is 3.44. The summed E-state index contributed by atoms with van der Waals surface area (Å²) < 4.78 is 19.2. The number of aryl methyl sites for hydroxylation is 1. The molecule has 1 saturated carbocycles. The molecule has 0 aliphatic heterocycles. The number of imidazole rings is 2. The van der Waals surface area contributed by atoms with E-state index in [9.17, 15) is 9.18 Å². The van der Waals surface area contributed by atoms with Crippen molar-refractivity contribution in [1.29, 1.82) is 0 Å². The lowest BCUT2D eigenvalue weighted by Crippen LogP contribution is -2.24. The number of rotatable bonds is 7. The van der Waals surface area contributed by atoms with Crippen LogP contribution >= 0.6 is 0 Å². The fourth-order valence-corrected chi connectivity index (χ4v) is 4.03. The first kappa shape index (κ1) is 18.1. The minimum Gasteiger partial charge on any atom is -0.396 e. The van der Waals surface area contributed by atoms with Gasteiger partial charge in [0.2, 0.25) is 0 Å². The van der Waals surface area contributed by atoms with E-state index >= 15 is 0 Å². The Morgan fingerprint density at radius 2 is 2.03 bits per heavy atom. The molecule has 0 spiro atoms. The van der Waals surface area contributed by atoms with Gasteiger partial charge in [-0.15, -0.1) is 0 Å². The molecule has 5 rings (SSSR count). The van der Waals surface area contributed by atoms with E-state index in [0.29, 0.717) is 25.0 Å². The van der Waals surface area contributed by atoms with Gasteiger partial charge in [0.15, 0.2) is 0 Å². The lowest BCUT2D eigenvalue weighted by atomic mass is 10.1. The van der Waals surface area contributed by atoms with Gasteiger partial charge in [-0.25, -0.2) is 14.2 Å². The summed E-state index contributed by atoms with van der Waals surface area (Å²) in [7, 11) is 0. The summed E-state index contributed by atoms with van der Waals surface area (Å²) in [6, 6.07) is 5.17. The Hall–Kier alpha value is -3.00. The van der Waals surface area contributed by atoms with Gasteiger partial charge >= 0.3 is 5.69 Å². The molecule has 1 N–H and O–H groups in total. The standard InChI is InChI=1S/C21H22FN5O2/c22-14-4-7-20-24-16(17(25(20)12-14)3-1-2-10-28)13-26-19-11-23-9-8-18(19)27(21(26)29)15-5-6-15/h4,7-9,11-12,15,28H,1-3,5-6,10,13H2. The van der Waals surface area contributed by atoms with Gasteiger partial charge in [-0.2, -0.15) is 0 Å². The molecule has 0 unspecified atom stereocenters. The zero-order chi connectivity index (χ0) is 20.0. The van der Waals surface area contributed by atoms with Crippen LogP contribution in [0, 0.1) is 5.82 Å². The highest BCUT2D eigenvalue weighted by atomic mass is 19.1. The molecular weight excluding hydrogens is 373 g/mol. The minimum atomic E-state index is -0.337. The molecule has 0 atom stereocenters. The smallest absolute Gasteiger partial charge is 0.329 e. The summed E-state index contributed by atoms with van der Waals surface area (Å²) in [5.74, 6) is -0.337. The monoisotopic (exact) mass is 395 g/mol. The first-order chi connectivity index (χ1) is 14.2. The van der Waals surface area contributed by atoms with Gasteiger partial charge in [0.05, 0.1) is 29.5 Å². The Bertz CT molecular complexity index is 1250. The van der Waals surface area contributed by atoms with E-state index in [-0.39, 0.29) is 24.2 Å². The maximum Gasteiger partial charge on any atom is 0.329 e. The molecule has 7 nitrogen and oxygen atoms in total. The van der Waals surface area contributed by atoms with Crippen molar-refractivity contribution in [3.8, 4) is 0 Å². The highest BCUT2D eigenvalue weighted by Gasteiger charge is 2.29. The fourth-order valence-electron chi connectivity index (χ4n) is 4.03. The molecule has 0 amide bonds. The first-order valence-electron chi connectivity index (χ1n) is 9.98. The second kappa shape index (κ2) is 7.11. The number of aliphatic hydroxyl groups is 1. The molecule has 1 aliphatic carbocycles. The van der Waals surface area contributed by atoms with Crippen LogP contribution in [0.4, 0.5) is 4.39 Å². The summed E-state index contributed by atoms with van der Waals surface area (Å²) in [4.78, 5) is 22.1. The summed E-state index contributed by atoms with van der Waals surface area (Å²) in [6.45, 7) is 0.416. The SMILES string of the molecule is O=c1n(Cc2nc3ccc(F)cn3c2CCCCO)c2cnccc2n1C1CC1. The predicted octanol–water partition coefficient (Wildman–Crippen LogP) is 2.68. The highest BCUT2D eigenvalue weighted by molar-refractivity contribution is 5.75. The van der Waals surface area contributed by atoms with Crippen molar-refractivity contribution in [2.45, 2.75) is 44.7 Å². The maximum absolute atomic E-state index is 13.9. The second-order valence-corrected chi connectivity index (χ2v) is 7.60. The van der Waals surface area contributed by atoms with Crippen molar-refractivity contribution in [3.05, 3.63) is 64.5 Å². The Morgan fingerprint density at radius 3 is 2.83 bits per heavy atom. The van der Waals surface area contributed by atoms with E-state index in [1.165, 1.54) is 12.3 Å². The number of unbranched alkanes of at least 4 members (excludes halogenated alkanes) is 1. The third-order valence-electron chi connectivity index (χ3n) is 5.57. The molecule has 4 aromatic heterocycles. The second-order valence-electron chi connectivity index (χ2n) is 7.60. The van der Waals surface area contributed by atoms with Crippen LogP contribution < -0.4 is 5.69 Å².